The van der Waals surface area contributed by atoms with Gasteiger partial charge in [0.1, 0.15) is 26.7 Å². The zero-order valence-corrected chi connectivity index (χ0v) is 22.8. The third kappa shape index (κ3) is 6.16. The summed E-state index contributed by atoms with van der Waals surface area (Å²) in [6.07, 6.45) is 4.01. The Morgan fingerprint density at radius 1 is 0.895 bits per heavy atom. The quantitative estimate of drug-likeness (QED) is 0.197. The fraction of sp³-hybridized carbons (Fsp3) is 0.111. The molecule has 1 aliphatic heterocycles. The number of allylic oxidation sites excluding steroid dienone is 2. The van der Waals surface area contributed by atoms with Crippen LogP contribution in [0.3, 0.4) is 0 Å². The lowest BCUT2D eigenvalue weighted by Crippen LogP contribution is -2.10. The molecular formula is C27H22N2O6S3. The van der Waals surface area contributed by atoms with Crippen LogP contribution in [0.1, 0.15) is 23.6 Å². The van der Waals surface area contributed by atoms with Crippen LogP contribution in [0.4, 0.5) is 0 Å². The fourth-order valence-corrected chi connectivity index (χ4v) is 6.04. The molecule has 0 saturated carbocycles. The molecule has 0 fully saturated rings. The van der Waals surface area contributed by atoms with Crippen molar-refractivity contribution in [2.75, 3.05) is 0 Å². The van der Waals surface area contributed by atoms with Crippen LogP contribution in [0.15, 0.2) is 105 Å². The van der Waals surface area contributed by atoms with E-state index in [1.54, 1.807) is 24.3 Å². The summed E-state index contributed by atoms with van der Waals surface area (Å²) in [6.45, 7) is 3.83. The molecule has 0 unspecified atom stereocenters. The van der Waals surface area contributed by atoms with E-state index in [9.17, 15) is 22.1 Å². The number of hydrogen-bond donors (Lipinski definition) is 0. The number of oxime groups is 1. The second-order valence-electron chi connectivity index (χ2n) is 8.08. The lowest BCUT2D eigenvalue weighted by Gasteiger charge is -2.08. The number of benzene rings is 3. The van der Waals surface area contributed by atoms with E-state index in [1.165, 1.54) is 24.3 Å². The summed E-state index contributed by atoms with van der Waals surface area (Å²) in [6, 6.07) is 20.7. The summed E-state index contributed by atoms with van der Waals surface area (Å²) in [7, 11) is -8.37. The molecule has 0 amide bonds. The smallest absolute Gasteiger partial charge is 0.358 e. The Morgan fingerprint density at radius 3 is 2.18 bits per heavy atom. The maximum atomic E-state index is 12.6. The molecule has 0 aliphatic carbocycles. The second kappa shape index (κ2) is 11.3. The van der Waals surface area contributed by atoms with Gasteiger partial charge in [-0.25, -0.2) is 0 Å². The van der Waals surface area contributed by atoms with Gasteiger partial charge in [-0.2, -0.15) is 22.1 Å². The molecule has 1 heterocycles. The third-order valence-electron chi connectivity index (χ3n) is 5.47. The first kappa shape index (κ1) is 27.2. The monoisotopic (exact) mass is 566 g/mol. The molecular weight excluding hydrogens is 545 g/mol. The van der Waals surface area contributed by atoms with Crippen molar-refractivity contribution >= 4 is 42.6 Å². The summed E-state index contributed by atoms with van der Waals surface area (Å²) in [5.74, 6) is -0.0590. The van der Waals surface area contributed by atoms with Crippen LogP contribution in [0.2, 0.25) is 0 Å². The van der Waals surface area contributed by atoms with E-state index in [1.807, 2.05) is 38.1 Å². The summed E-state index contributed by atoms with van der Waals surface area (Å²) in [4.78, 5) is 0.371. The first-order chi connectivity index (χ1) is 18.1. The van der Waals surface area contributed by atoms with Gasteiger partial charge in [-0.15, -0.1) is 0 Å². The third-order valence-corrected chi connectivity index (χ3v) is 8.83. The first-order valence-corrected chi connectivity index (χ1v) is 15.0. The highest BCUT2D eigenvalue weighted by Gasteiger charge is 2.21. The summed E-state index contributed by atoms with van der Waals surface area (Å²) >= 11 is 1.12. The number of aryl methyl sites for hydroxylation is 2. The Hall–Kier alpha value is -3.85. The van der Waals surface area contributed by atoms with Gasteiger partial charge in [0.2, 0.25) is 0 Å². The topological polar surface area (TPSA) is 123 Å². The average Bonchev–Trinajstić information content (AvgIpc) is 3.37. The van der Waals surface area contributed by atoms with Crippen molar-refractivity contribution in [3.8, 4) is 11.8 Å². The predicted octanol–water partition coefficient (Wildman–Crippen LogP) is 5.58. The van der Waals surface area contributed by atoms with Crippen molar-refractivity contribution in [1.82, 2.24) is 0 Å². The molecule has 3 aromatic carbocycles. The van der Waals surface area contributed by atoms with Gasteiger partial charge in [0.15, 0.2) is 0 Å². The molecule has 0 N–H and O–H groups in total. The maximum absolute atomic E-state index is 12.6. The lowest BCUT2D eigenvalue weighted by atomic mass is 9.98. The SMILES string of the molecule is CCc1ccccc1C(C#N)=C1C=CC(=NOS(=O)(=O)c2ccc(OS(=O)(=O)c3ccc(C)cc3)cc2)S1. The molecule has 8 nitrogen and oxygen atoms in total. The number of nitrogens with zero attached hydrogens (tertiary/aromatic N) is 2. The largest absolute Gasteiger partial charge is 0.379 e. The van der Waals surface area contributed by atoms with Crippen LogP contribution in [0.25, 0.3) is 5.57 Å². The zero-order valence-electron chi connectivity index (χ0n) is 20.4. The minimum atomic E-state index is -4.29. The minimum Gasteiger partial charge on any atom is -0.379 e. The minimum absolute atomic E-state index is 0.0211. The molecule has 0 spiro atoms. The summed E-state index contributed by atoms with van der Waals surface area (Å²) in [5.41, 5.74) is 3.20. The van der Waals surface area contributed by atoms with Gasteiger partial charge < -0.3 is 4.18 Å². The van der Waals surface area contributed by atoms with Gasteiger partial charge in [0.05, 0.1) is 5.57 Å². The van der Waals surface area contributed by atoms with Crippen molar-refractivity contribution < 1.29 is 25.3 Å². The van der Waals surface area contributed by atoms with Crippen LogP contribution in [0.5, 0.6) is 5.75 Å². The Morgan fingerprint density at radius 2 is 1.53 bits per heavy atom. The molecule has 0 bridgehead atoms. The van der Waals surface area contributed by atoms with Crippen LogP contribution >= 0.6 is 11.8 Å². The average molecular weight is 567 g/mol. The molecule has 1 aliphatic rings. The van der Waals surface area contributed by atoms with Crippen molar-refractivity contribution in [3.63, 3.8) is 0 Å². The van der Waals surface area contributed by atoms with Gasteiger partial charge in [0.25, 0.3) is 0 Å². The van der Waals surface area contributed by atoms with Crippen LogP contribution < -0.4 is 4.18 Å². The van der Waals surface area contributed by atoms with Gasteiger partial charge >= 0.3 is 20.2 Å². The summed E-state index contributed by atoms with van der Waals surface area (Å²) in [5, 5.41) is 13.7. The standard InChI is InChI=1S/C27H22N2O6S3/c1-3-20-6-4-5-7-24(20)25(18-28)26-16-17-27(36-26)29-35-38(32,33)23-14-10-21(11-15-23)34-37(30,31)22-12-8-19(2)9-13-22/h4-17H,3H2,1-2H3. The molecule has 3 aromatic rings. The van der Waals surface area contributed by atoms with E-state index in [-0.39, 0.29) is 20.6 Å². The van der Waals surface area contributed by atoms with Crippen LogP contribution in [-0.4, -0.2) is 21.9 Å². The van der Waals surface area contributed by atoms with Gasteiger partial charge in [0, 0.05) is 4.91 Å². The van der Waals surface area contributed by atoms with E-state index in [4.69, 9.17) is 8.47 Å². The first-order valence-electron chi connectivity index (χ1n) is 11.3. The number of nitriles is 1. The Kier molecular flexibility index (Phi) is 8.06. The van der Waals surface area contributed by atoms with Gasteiger partial charge in [-0.1, -0.05) is 65.8 Å². The molecule has 0 atom stereocenters. The highest BCUT2D eigenvalue weighted by Crippen LogP contribution is 2.35. The van der Waals surface area contributed by atoms with E-state index in [2.05, 4.69) is 11.2 Å². The maximum Gasteiger partial charge on any atom is 0.358 e. The van der Waals surface area contributed by atoms with E-state index >= 15 is 0 Å². The summed E-state index contributed by atoms with van der Waals surface area (Å²) < 4.78 is 60.1. The number of thioether (sulfide) groups is 1. The predicted molar refractivity (Wildman–Crippen MR) is 146 cm³/mol. The Labute approximate surface area is 226 Å². The van der Waals surface area contributed by atoms with E-state index < -0.39 is 20.2 Å². The lowest BCUT2D eigenvalue weighted by molar-refractivity contribution is 0.340. The van der Waals surface area contributed by atoms with Gasteiger partial charge in [-0.05, 0) is 73.0 Å². The molecule has 0 radical (unpaired) electrons. The molecule has 0 aromatic heterocycles. The highest BCUT2D eigenvalue weighted by molar-refractivity contribution is 8.18. The van der Waals surface area contributed by atoms with Gasteiger partial charge in [-0.3, -0.25) is 4.28 Å². The molecule has 0 saturated heterocycles. The van der Waals surface area contributed by atoms with Crippen LogP contribution in [0, 0.1) is 18.3 Å². The highest BCUT2D eigenvalue weighted by atomic mass is 32.2. The van der Waals surface area contributed by atoms with E-state index in [0.717, 1.165) is 47.0 Å². The van der Waals surface area contributed by atoms with Crippen molar-refractivity contribution in [2.45, 2.75) is 30.1 Å². The van der Waals surface area contributed by atoms with E-state index in [0.29, 0.717) is 10.5 Å². The van der Waals surface area contributed by atoms with Crippen molar-refractivity contribution in [2.24, 2.45) is 5.16 Å². The number of hydrogen-bond acceptors (Lipinski definition) is 9. The molecule has 38 heavy (non-hydrogen) atoms. The molecule has 4 rings (SSSR count). The van der Waals surface area contributed by atoms with Crippen molar-refractivity contribution in [3.05, 3.63) is 107 Å². The Balaban J connectivity index is 1.46. The second-order valence-corrected chi connectivity index (χ2v) is 12.2. The molecule has 11 heteroatoms. The number of rotatable bonds is 8. The van der Waals surface area contributed by atoms with Crippen molar-refractivity contribution in [1.29, 1.82) is 5.26 Å². The normalized spacial score (nSPS) is 15.8. The zero-order chi connectivity index (χ0) is 27.3. The van der Waals surface area contributed by atoms with Crippen LogP contribution in [-0.2, 0) is 30.9 Å². The Bertz CT molecular complexity index is 1700. The molecule has 194 valence electrons. The fourth-order valence-electron chi connectivity index (χ4n) is 3.50.